The number of esters is 1. The van der Waals surface area contributed by atoms with Crippen LogP contribution in [0.25, 0.3) is 6.08 Å². The zero-order valence-electron chi connectivity index (χ0n) is 9.08. The van der Waals surface area contributed by atoms with E-state index in [4.69, 9.17) is 5.73 Å². The summed E-state index contributed by atoms with van der Waals surface area (Å²) in [5.74, 6) is -0.771. The molecule has 0 saturated heterocycles. The van der Waals surface area contributed by atoms with E-state index in [1.807, 2.05) is 0 Å². The van der Waals surface area contributed by atoms with Crippen LogP contribution in [0.2, 0.25) is 0 Å². The molecule has 6 heteroatoms. The van der Waals surface area contributed by atoms with Gasteiger partial charge in [0.1, 0.15) is 6.04 Å². The Kier molecular flexibility index (Phi) is 2.76. The van der Waals surface area contributed by atoms with Crippen molar-refractivity contribution in [3.05, 3.63) is 34.7 Å². The third kappa shape index (κ3) is 1.75. The number of ether oxygens (including phenoxy) is 1. The summed E-state index contributed by atoms with van der Waals surface area (Å²) in [6.07, 6.45) is 1.41. The van der Waals surface area contributed by atoms with Crippen LogP contribution in [0.5, 0.6) is 0 Å². The van der Waals surface area contributed by atoms with E-state index >= 15 is 0 Å². The maximum Gasteiger partial charge on any atom is 0.328 e. The summed E-state index contributed by atoms with van der Waals surface area (Å²) < 4.78 is 28.6. The van der Waals surface area contributed by atoms with Gasteiger partial charge in [-0.2, -0.15) is 0 Å². The Hall–Kier alpha value is -1.66. The van der Waals surface area contributed by atoms with Crippen molar-refractivity contribution in [2.45, 2.75) is 10.9 Å². The first-order chi connectivity index (χ1) is 7.98. The van der Waals surface area contributed by atoms with Crippen LogP contribution >= 0.6 is 0 Å². The number of benzene rings is 1. The van der Waals surface area contributed by atoms with Crippen LogP contribution in [0.15, 0.2) is 34.1 Å². The highest BCUT2D eigenvalue weighted by molar-refractivity contribution is 7.96. The van der Waals surface area contributed by atoms with Crippen molar-refractivity contribution in [3.63, 3.8) is 0 Å². The molecular formula is C11H11NO4S. The van der Waals surface area contributed by atoms with Crippen LogP contribution in [0.4, 0.5) is 0 Å². The van der Waals surface area contributed by atoms with Gasteiger partial charge in [0.05, 0.1) is 16.9 Å². The van der Waals surface area contributed by atoms with Crippen LogP contribution in [-0.2, 0) is 19.4 Å². The molecular weight excluding hydrogens is 242 g/mol. The molecule has 2 N–H and O–H groups in total. The Labute approximate surface area is 98.8 Å². The molecule has 0 radical (unpaired) electrons. The second-order valence-electron chi connectivity index (χ2n) is 3.59. The van der Waals surface area contributed by atoms with E-state index in [9.17, 15) is 13.2 Å². The molecule has 0 saturated carbocycles. The third-order valence-corrected chi connectivity index (χ3v) is 4.52. The Morgan fingerprint density at radius 1 is 1.35 bits per heavy atom. The highest BCUT2D eigenvalue weighted by atomic mass is 32.2. The van der Waals surface area contributed by atoms with Crippen molar-refractivity contribution in [2.24, 2.45) is 5.73 Å². The molecule has 2 rings (SSSR count). The lowest BCUT2D eigenvalue weighted by atomic mass is 10.2. The van der Waals surface area contributed by atoms with E-state index in [0.29, 0.717) is 5.56 Å². The molecule has 1 heterocycles. The fraction of sp³-hybridized carbons (Fsp3) is 0.182. The van der Waals surface area contributed by atoms with E-state index < -0.39 is 21.8 Å². The number of nitrogens with two attached hydrogens (primary N) is 1. The van der Waals surface area contributed by atoms with Crippen LogP contribution < -0.4 is 5.73 Å². The van der Waals surface area contributed by atoms with Crippen LogP contribution in [0.1, 0.15) is 5.56 Å². The molecule has 5 nitrogen and oxygen atoms in total. The number of fused-ring (bicyclic) bond motifs is 1. The van der Waals surface area contributed by atoms with Crippen LogP contribution in [0, 0.1) is 0 Å². The van der Waals surface area contributed by atoms with Crippen molar-refractivity contribution in [1.82, 2.24) is 0 Å². The minimum atomic E-state index is -3.67. The molecule has 1 unspecified atom stereocenters. The fourth-order valence-electron chi connectivity index (χ4n) is 1.70. The van der Waals surface area contributed by atoms with Gasteiger partial charge in [-0.3, -0.25) is 0 Å². The molecule has 1 aromatic rings. The third-order valence-electron chi connectivity index (χ3n) is 2.58. The molecule has 1 aromatic carbocycles. The molecule has 0 aliphatic carbocycles. The smallest absolute Gasteiger partial charge is 0.328 e. The lowest BCUT2D eigenvalue weighted by Crippen LogP contribution is -2.35. The van der Waals surface area contributed by atoms with Gasteiger partial charge in [0.25, 0.3) is 0 Å². The summed E-state index contributed by atoms with van der Waals surface area (Å²) in [4.78, 5) is 11.3. The van der Waals surface area contributed by atoms with Crippen molar-refractivity contribution in [3.8, 4) is 0 Å². The number of rotatable bonds is 2. The number of carbonyl (C=O) groups excluding carboxylic acids is 1. The van der Waals surface area contributed by atoms with Gasteiger partial charge in [-0.1, -0.05) is 18.2 Å². The molecule has 0 bridgehead atoms. The van der Waals surface area contributed by atoms with Gasteiger partial charge in [0, 0.05) is 0 Å². The average molecular weight is 253 g/mol. The Bertz CT molecular complexity index is 604. The summed E-state index contributed by atoms with van der Waals surface area (Å²) in [5, 5.41) is 0. The zero-order chi connectivity index (χ0) is 12.6. The van der Waals surface area contributed by atoms with Gasteiger partial charge in [0.2, 0.25) is 9.84 Å². The summed E-state index contributed by atoms with van der Waals surface area (Å²) in [6.45, 7) is 0. The normalized spacial score (nSPS) is 18.1. The van der Waals surface area contributed by atoms with Crippen molar-refractivity contribution >= 4 is 21.9 Å². The number of carbonyl (C=O) groups is 1. The van der Waals surface area contributed by atoms with E-state index in [1.54, 1.807) is 18.2 Å². The van der Waals surface area contributed by atoms with Crippen molar-refractivity contribution in [2.75, 3.05) is 7.11 Å². The summed E-state index contributed by atoms with van der Waals surface area (Å²) in [7, 11) is -2.50. The van der Waals surface area contributed by atoms with Gasteiger partial charge in [-0.15, -0.1) is 0 Å². The lowest BCUT2D eigenvalue weighted by Gasteiger charge is -2.10. The molecule has 1 aliphatic rings. The highest BCUT2D eigenvalue weighted by Crippen LogP contribution is 2.33. The number of sulfone groups is 1. The van der Waals surface area contributed by atoms with Crippen LogP contribution in [0.3, 0.4) is 0 Å². The van der Waals surface area contributed by atoms with E-state index in [2.05, 4.69) is 4.74 Å². The number of methoxy groups -OCH3 is 1. The van der Waals surface area contributed by atoms with Gasteiger partial charge in [-0.05, 0) is 17.7 Å². The minimum absolute atomic E-state index is 0.120. The Balaban J connectivity index is 2.52. The van der Waals surface area contributed by atoms with E-state index in [0.717, 1.165) is 7.11 Å². The first-order valence-electron chi connectivity index (χ1n) is 4.87. The van der Waals surface area contributed by atoms with Gasteiger partial charge >= 0.3 is 5.97 Å². The Morgan fingerprint density at radius 2 is 2.00 bits per heavy atom. The molecule has 17 heavy (non-hydrogen) atoms. The fourth-order valence-corrected chi connectivity index (χ4v) is 3.36. The minimum Gasteiger partial charge on any atom is -0.468 e. The first-order valence-corrected chi connectivity index (χ1v) is 6.36. The van der Waals surface area contributed by atoms with Gasteiger partial charge < -0.3 is 10.5 Å². The van der Waals surface area contributed by atoms with Crippen LogP contribution in [-0.4, -0.2) is 27.5 Å². The second kappa shape index (κ2) is 3.97. The molecule has 0 spiro atoms. The molecule has 90 valence electrons. The quantitative estimate of drug-likeness (QED) is 0.767. The average Bonchev–Trinajstić information content (AvgIpc) is 2.60. The number of hydrogen-bond donors (Lipinski definition) is 1. The number of hydrogen-bond acceptors (Lipinski definition) is 5. The summed E-state index contributed by atoms with van der Waals surface area (Å²) >= 11 is 0. The predicted octanol–water partition coefficient (Wildman–Crippen LogP) is 0.315. The largest absolute Gasteiger partial charge is 0.468 e. The maximum absolute atomic E-state index is 12.1. The van der Waals surface area contributed by atoms with Crippen molar-refractivity contribution < 1.29 is 17.9 Å². The van der Waals surface area contributed by atoms with E-state index in [1.165, 1.54) is 12.1 Å². The van der Waals surface area contributed by atoms with E-state index in [-0.39, 0.29) is 9.80 Å². The lowest BCUT2D eigenvalue weighted by molar-refractivity contribution is -0.141. The second-order valence-corrected chi connectivity index (χ2v) is 5.51. The monoisotopic (exact) mass is 253 g/mol. The van der Waals surface area contributed by atoms with Crippen molar-refractivity contribution in [1.29, 1.82) is 0 Å². The highest BCUT2D eigenvalue weighted by Gasteiger charge is 2.36. The maximum atomic E-state index is 12.1. The summed E-state index contributed by atoms with van der Waals surface area (Å²) in [5.41, 5.74) is 6.11. The predicted molar refractivity (Wildman–Crippen MR) is 61.6 cm³/mol. The zero-order valence-corrected chi connectivity index (χ0v) is 9.90. The molecule has 1 atom stereocenters. The molecule has 1 aliphatic heterocycles. The van der Waals surface area contributed by atoms with Gasteiger partial charge in [0.15, 0.2) is 0 Å². The SMILES string of the molecule is COC(=O)C(N)C1=Cc2ccccc2S1(=O)=O. The molecule has 0 aromatic heterocycles. The Morgan fingerprint density at radius 3 is 2.59 bits per heavy atom. The standard InChI is InChI=1S/C11H11NO4S/c1-16-11(13)10(12)9-6-7-4-2-3-5-8(7)17(9,14)15/h2-6,10H,12H2,1H3. The summed E-state index contributed by atoms with van der Waals surface area (Å²) in [6, 6.07) is 5.20. The first kappa shape index (κ1) is 11.8. The molecule has 0 amide bonds. The molecule has 0 fully saturated rings. The topological polar surface area (TPSA) is 86.5 Å². The van der Waals surface area contributed by atoms with Gasteiger partial charge in [-0.25, -0.2) is 13.2 Å².